The highest BCUT2D eigenvalue weighted by molar-refractivity contribution is 7.17. The number of carbonyl (C=O) groups is 1. The molecule has 1 fully saturated rings. The molecule has 0 unspecified atom stereocenters. The van der Waals surface area contributed by atoms with Crippen LogP contribution in [0.4, 0.5) is 4.39 Å². The Labute approximate surface area is 139 Å². The Hall–Kier alpha value is -1.43. The van der Waals surface area contributed by atoms with Gasteiger partial charge in [-0.05, 0) is 49.2 Å². The second-order valence-electron chi connectivity index (χ2n) is 5.19. The molecule has 3 rings (SSSR count). The monoisotopic (exact) mass is 340 g/mol. The molecule has 0 spiro atoms. The fourth-order valence-corrected chi connectivity index (χ4v) is 3.38. The van der Waals surface area contributed by atoms with Gasteiger partial charge in [-0.15, -0.1) is 23.7 Å². The molecule has 0 saturated carbocycles. The summed E-state index contributed by atoms with van der Waals surface area (Å²) in [6, 6.07) is 10.3. The second kappa shape index (κ2) is 7.72. The third kappa shape index (κ3) is 4.06. The Balaban J connectivity index is 0.00000176. The Kier molecular flexibility index (Phi) is 5.94. The van der Waals surface area contributed by atoms with Crippen LogP contribution in [0.5, 0.6) is 0 Å². The van der Waals surface area contributed by atoms with Crippen molar-refractivity contribution in [3.8, 4) is 10.4 Å². The van der Waals surface area contributed by atoms with Gasteiger partial charge < -0.3 is 10.6 Å². The van der Waals surface area contributed by atoms with E-state index in [0.29, 0.717) is 4.88 Å². The van der Waals surface area contributed by atoms with Crippen molar-refractivity contribution in [2.75, 3.05) is 13.1 Å². The summed E-state index contributed by atoms with van der Waals surface area (Å²) in [7, 11) is 0. The third-order valence-electron chi connectivity index (χ3n) is 3.59. The molecule has 1 saturated heterocycles. The van der Waals surface area contributed by atoms with Crippen molar-refractivity contribution in [2.45, 2.75) is 18.9 Å². The van der Waals surface area contributed by atoms with E-state index in [4.69, 9.17) is 0 Å². The van der Waals surface area contributed by atoms with Crippen LogP contribution in [0.1, 0.15) is 22.5 Å². The highest BCUT2D eigenvalue weighted by Crippen LogP contribution is 2.28. The number of thiophene rings is 1. The van der Waals surface area contributed by atoms with E-state index in [9.17, 15) is 9.18 Å². The van der Waals surface area contributed by atoms with Crippen LogP contribution in [-0.4, -0.2) is 25.0 Å². The Morgan fingerprint density at radius 3 is 2.68 bits per heavy atom. The van der Waals surface area contributed by atoms with Crippen molar-refractivity contribution in [3.05, 3.63) is 47.1 Å². The number of hydrogen-bond donors (Lipinski definition) is 2. The number of piperidine rings is 1. The molecule has 1 amide bonds. The maximum Gasteiger partial charge on any atom is 0.261 e. The largest absolute Gasteiger partial charge is 0.347 e. The minimum absolute atomic E-state index is 0. The molecule has 2 N–H and O–H groups in total. The fraction of sp³-hybridized carbons (Fsp3) is 0.312. The van der Waals surface area contributed by atoms with Crippen molar-refractivity contribution in [1.29, 1.82) is 0 Å². The van der Waals surface area contributed by atoms with Crippen LogP contribution in [0.15, 0.2) is 36.4 Å². The summed E-state index contributed by atoms with van der Waals surface area (Å²) in [5.41, 5.74) is 0.930. The number of amides is 1. The van der Waals surface area contributed by atoms with Gasteiger partial charge in [0.25, 0.3) is 5.91 Å². The van der Waals surface area contributed by atoms with Crippen LogP contribution >= 0.6 is 23.7 Å². The lowest BCUT2D eigenvalue weighted by molar-refractivity contribution is 0.0935. The van der Waals surface area contributed by atoms with Gasteiger partial charge in [0.05, 0.1) is 4.88 Å². The van der Waals surface area contributed by atoms with E-state index in [1.165, 1.54) is 23.5 Å². The zero-order valence-corrected chi connectivity index (χ0v) is 13.6. The van der Waals surface area contributed by atoms with Crippen LogP contribution in [0.3, 0.4) is 0 Å². The van der Waals surface area contributed by atoms with E-state index in [0.717, 1.165) is 36.4 Å². The van der Waals surface area contributed by atoms with Crippen molar-refractivity contribution in [3.63, 3.8) is 0 Å². The molecule has 1 aromatic heterocycles. The Morgan fingerprint density at radius 2 is 2.00 bits per heavy atom. The van der Waals surface area contributed by atoms with Crippen LogP contribution in [0.2, 0.25) is 0 Å². The molecule has 6 heteroatoms. The first-order valence-electron chi connectivity index (χ1n) is 7.10. The van der Waals surface area contributed by atoms with Crippen molar-refractivity contribution >= 4 is 29.7 Å². The maximum absolute atomic E-state index is 12.9. The molecule has 2 heterocycles. The van der Waals surface area contributed by atoms with Crippen LogP contribution in [0, 0.1) is 5.82 Å². The van der Waals surface area contributed by atoms with E-state index in [-0.39, 0.29) is 30.2 Å². The van der Waals surface area contributed by atoms with Gasteiger partial charge in [-0.1, -0.05) is 12.1 Å². The molecule has 1 atom stereocenters. The molecule has 118 valence electrons. The highest BCUT2D eigenvalue weighted by atomic mass is 35.5. The summed E-state index contributed by atoms with van der Waals surface area (Å²) >= 11 is 1.43. The van der Waals surface area contributed by atoms with Gasteiger partial charge >= 0.3 is 0 Å². The summed E-state index contributed by atoms with van der Waals surface area (Å²) in [4.78, 5) is 13.9. The summed E-state index contributed by atoms with van der Waals surface area (Å²) in [6.07, 6.45) is 2.12. The number of rotatable bonds is 3. The number of halogens is 2. The SMILES string of the molecule is Cl.O=C(N[C@H]1CCCNC1)c1ccc(-c2ccc(F)cc2)s1. The normalized spacial score (nSPS) is 17.6. The topological polar surface area (TPSA) is 41.1 Å². The molecule has 0 radical (unpaired) electrons. The molecule has 1 aliphatic rings. The summed E-state index contributed by atoms with van der Waals surface area (Å²) < 4.78 is 12.9. The molecule has 0 bridgehead atoms. The molecular formula is C16H18ClFN2OS. The first-order chi connectivity index (χ1) is 10.2. The lowest BCUT2D eigenvalue weighted by atomic mass is 10.1. The maximum atomic E-state index is 12.9. The average molecular weight is 341 g/mol. The third-order valence-corrected chi connectivity index (χ3v) is 4.72. The average Bonchev–Trinajstić information content (AvgIpc) is 2.99. The number of nitrogens with one attached hydrogen (secondary N) is 2. The predicted molar refractivity (Wildman–Crippen MR) is 90.3 cm³/mol. The lowest BCUT2D eigenvalue weighted by Crippen LogP contribution is -2.45. The quantitative estimate of drug-likeness (QED) is 0.898. The van der Waals surface area contributed by atoms with Crippen LogP contribution in [-0.2, 0) is 0 Å². The molecular weight excluding hydrogens is 323 g/mol. The van der Waals surface area contributed by atoms with Gasteiger partial charge in [-0.25, -0.2) is 4.39 Å². The number of carbonyl (C=O) groups excluding carboxylic acids is 1. The van der Waals surface area contributed by atoms with Gasteiger partial charge in [0, 0.05) is 17.5 Å². The smallest absolute Gasteiger partial charge is 0.261 e. The van der Waals surface area contributed by atoms with E-state index in [1.807, 2.05) is 12.1 Å². The summed E-state index contributed by atoms with van der Waals surface area (Å²) in [5, 5.41) is 6.34. The van der Waals surface area contributed by atoms with Gasteiger partial charge in [0.1, 0.15) is 5.82 Å². The van der Waals surface area contributed by atoms with Gasteiger partial charge in [0.15, 0.2) is 0 Å². The molecule has 0 aliphatic carbocycles. The van der Waals surface area contributed by atoms with E-state index >= 15 is 0 Å². The van der Waals surface area contributed by atoms with Crippen molar-refractivity contribution < 1.29 is 9.18 Å². The molecule has 1 aliphatic heterocycles. The van der Waals surface area contributed by atoms with E-state index < -0.39 is 0 Å². The molecule has 22 heavy (non-hydrogen) atoms. The lowest BCUT2D eigenvalue weighted by Gasteiger charge is -2.23. The fourth-order valence-electron chi connectivity index (χ4n) is 2.46. The first kappa shape index (κ1) is 16.9. The summed E-state index contributed by atoms with van der Waals surface area (Å²) in [5.74, 6) is -0.278. The van der Waals surface area contributed by atoms with Gasteiger partial charge in [0.2, 0.25) is 0 Å². The Morgan fingerprint density at radius 1 is 1.23 bits per heavy atom. The minimum Gasteiger partial charge on any atom is -0.347 e. The number of benzene rings is 1. The van der Waals surface area contributed by atoms with E-state index in [1.54, 1.807) is 12.1 Å². The Bertz CT molecular complexity index is 623. The summed E-state index contributed by atoms with van der Waals surface area (Å²) in [6.45, 7) is 1.86. The molecule has 3 nitrogen and oxygen atoms in total. The second-order valence-corrected chi connectivity index (χ2v) is 6.27. The number of hydrogen-bond acceptors (Lipinski definition) is 3. The standard InChI is InChI=1S/C16H17FN2OS.ClH/c17-12-5-3-11(4-6-12)14-7-8-15(21-14)16(20)19-13-2-1-9-18-10-13;/h3-8,13,18H,1-2,9-10H2,(H,19,20);1H/t13-;/m0./s1. The van der Waals surface area contributed by atoms with Crippen molar-refractivity contribution in [1.82, 2.24) is 10.6 Å². The zero-order chi connectivity index (χ0) is 14.7. The van der Waals surface area contributed by atoms with Crippen molar-refractivity contribution in [2.24, 2.45) is 0 Å². The minimum atomic E-state index is -0.252. The van der Waals surface area contributed by atoms with Crippen LogP contribution < -0.4 is 10.6 Å². The highest BCUT2D eigenvalue weighted by Gasteiger charge is 2.17. The van der Waals surface area contributed by atoms with Gasteiger partial charge in [-0.3, -0.25) is 4.79 Å². The zero-order valence-electron chi connectivity index (χ0n) is 12.0. The predicted octanol–water partition coefficient (Wildman–Crippen LogP) is 3.46. The molecule has 1 aromatic carbocycles. The molecule has 2 aromatic rings. The first-order valence-corrected chi connectivity index (χ1v) is 7.91. The van der Waals surface area contributed by atoms with Crippen LogP contribution in [0.25, 0.3) is 10.4 Å². The van der Waals surface area contributed by atoms with Gasteiger partial charge in [-0.2, -0.15) is 0 Å². The van der Waals surface area contributed by atoms with E-state index in [2.05, 4.69) is 10.6 Å².